The fourth-order valence-corrected chi connectivity index (χ4v) is 10.3. The van der Waals surface area contributed by atoms with Crippen LogP contribution in [-0.2, 0) is 0 Å². The van der Waals surface area contributed by atoms with Crippen molar-refractivity contribution in [3.8, 4) is 11.1 Å². The van der Waals surface area contributed by atoms with E-state index >= 15 is 0 Å². The van der Waals surface area contributed by atoms with Gasteiger partial charge in [0.25, 0.3) is 0 Å². The van der Waals surface area contributed by atoms with Gasteiger partial charge in [0.15, 0.2) is 0 Å². The molecule has 0 amide bonds. The first kappa shape index (κ1) is 52.5. The summed E-state index contributed by atoms with van der Waals surface area (Å²) in [4.78, 5) is 5.11. The molecule has 10 rings (SSSR count). The SMILES string of the molecule is C/C=C\CC(C)C1=C2C(CC(c3ccccc3)=C1)c1cc(-c3ccc4c(c3)C3C(=C(C)C=CC3c3ccccc3)N4C(/C=C\CC)=C/C)ccc1N2c1ccccc1.CC.CC.CC.c1ccccc1. The van der Waals surface area contributed by atoms with E-state index in [2.05, 4.69) is 220 Å². The molecule has 360 valence electrons. The van der Waals surface area contributed by atoms with E-state index < -0.39 is 0 Å². The lowest BCUT2D eigenvalue weighted by molar-refractivity contribution is 0.675. The second-order valence-electron chi connectivity index (χ2n) is 17.4. The molecular weight excluding hydrogens is 845 g/mol. The Morgan fingerprint density at radius 1 is 0.629 bits per heavy atom. The first-order valence-electron chi connectivity index (χ1n) is 26.3. The third-order valence-corrected chi connectivity index (χ3v) is 13.4. The lowest BCUT2D eigenvalue weighted by atomic mass is 9.76. The number of anilines is 3. The van der Waals surface area contributed by atoms with E-state index in [4.69, 9.17) is 0 Å². The summed E-state index contributed by atoms with van der Waals surface area (Å²) in [6.45, 7) is 23.2. The zero-order chi connectivity index (χ0) is 50.0. The molecule has 0 fully saturated rings. The van der Waals surface area contributed by atoms with Crippen LogP contribution >= 0.6 is 0 Å². The third kappa shape index (κ3) is 11.2. The van der Waals surface area contributed by atoms with E-state index in [-0.39, 0.29) is 17.8 Å². The van der Waals surface area contributed by atoms with Crippen molar-refractivity contribution in [2.24, 2.45) is 5.92 Å². The second-order valence-corrected chi connectivity index (χ2v) is 17.4. The Kier molecular flexibility index (Phi) is 19.6. The van der Waals surface area contributed by atoms with Crippen LogP contribution in [-0.4, -0.2) is 0 Å². The minimum absolute atomic E-state index is 0.211. The van der Waals surface area contributed by atoms with Crippen molar-refractivity contribution in [3.05, 3.63) is 263 Å². The molecule has 2 heteroatoms. The molecule has 0 saturated heterocycles. The van der Waals surface area contributed by atoms with Crippen molar-refractivity contribution in [2.75, 3.05) is 9.80 Å². The van der Waals surface area contributed by atoms with E-state index in [1.54, 1.807) is 0 Å². The molecule has 2 aliphatic heterocycles. The van der Waals surface area contributed by atoms with Crippen LogP contribution in [0.15, 0.2) is 241 Å². The molecule has 4 unspecified atom stereocenters. The summed E-state index contributed by atoms with van der Waals surface area (Å²) >= 11 is 0. The Balaban J connectivity index is 0.000000604. The molecule has 6 aromatic carbocycles. The number of nitrogens with zero attached hydrogens (tertiary/aromatic N) is 2. The topological polar surface area (TPSA) is 6.48 Å². The number of hydrogen-bond acceptors (Lipinski definition) is 2. The summed E-state index contributed by atoms with van der Waals surface area (Å²) in [5, 5.41) is 0. The quantitative estimate of drug-likeness (QED) is 0.0998. The first-order valence-corrected chi connectivity index (χ1v) is 26.3. The summed E-state index contributed by atoms with van der Waals surface area (Å²) in [5.41, 5.74) is 20.1. The minimum atomic E-state index is 0.211. The number of hydrogen-bond donors (Lipinski definition) is 0. The smallest absolute Gasteiger partial charge is 0.0498 e. The van der Waals surface area contributed by atoms with Gasteiger partial charge in [-0.15, -0.1) is 0 Å². The molecule has 0 radical (unpaired) electrons. The monoisotopic (exact) mass is 923 g/mol. The highest BCUT2D eigenvalue weighted by atomic mass is 15.2. The highest BCUT2D eigenvalue weighted by molar-refractivity contribution is 5.87. The average molecular weight is 923 g/mol. The Labute approximate surface area is 423 Å². The number of benzene rings is 6. The fourth-order valence-electron chi connectivity index (χ4n) is 10.3. The zero-order valence-electron chi connectivity index (χ0n) is 44.0. The van der Waals surface area contributed by atoms with Crippen molar-refractivity contribution in [3.63, 3.8) is 0 Å². The maximum absolute atomic E-state index is 2.57. The van der Waals surface area contributed by atoms with E-state index in [1.165, 1.54) is 84.3 Å². The van der Waals surface area contributed by atoms with Crippen molar-refractivity contribution >= 4 is 22.6 Å². The van der Waals surface area contributed by atoms with Crippen LogP contribution in [0.3, 0.4) is 0 Å². The molecule has 2 nitrogen and oxygen atoms in total. The average Bonchev–Trinajstić information content (AvgIpc) is 3.96. The number of rotatable bonds is 10. The Hall–Kier alpha value is -6.90. The van der Waals surface area contributed by atoms with Gasteiger partial charge in [0.1, 0.15) is 0 Å². The normalized spacial score (nSPS) is 17.9. The predicted octanol–water partition coefficient (Wildman–Crippen LogP) is 20.1. The van der Waals surface area contributed by atoms with E-state index in [0.29, 0.717) is 5.92 Å². The molecule has 6 aromatic rings. The van der Waals surface area contributed by atoms with Gasteiger partial charge in [-0.25, -0.2) is 0 Å². The molecule has 0 spiro atoms. The highest BCUT2D eigenvalue weighted by Crippen LogP contribution is 2.58. The molecular formula is C68H78N2. The second kappa shape index (κ2) is 26.2. The van der Waals surface area contributed by atoms with Crippen molar-refractivity contribution in [1.82, 2.24) is 0 Å². The number of fused-ring (bicyclic) bond motifs is 6. The third-order valence-electron chi connectivity index (χ3n) is 13.4. The Bertz CT molecular complexity index is 2770. The van der Waals surface area contributed by atoms with Gasteiger partial charge < -0.3 is 9.80 Å². The maximum atomic E-state index is 2.57. The summed E-state index contributed by atoms with van der Waals surface area (Å²) < 4.78 is 0. The van der Waals surface area contributed by atoms with Crippen molar-refractivity contribution < 1.29 is 0 Å². The summed E-state index contributed by atoms with van der Waals surface area (Å²) in [6, 6.07) is 59.7. The van der Waals surface area contributed by atoms with E-state index in [9.17, 15) is 0 Å². The van der Waals surface area contributed by atoms with Crippen LogP contribution in [0.1, 0.15) is 135 Å². The van der Waals surface area contributed by atoms with Crippen molar-refractivity contribution in [1.29, 1.82) is 0 Å². The van der Waals surface area contributed by atoms with Crippen LogP contribution in [0, 0.1) is 5.92 Å². The molecule has 0 N–H and O–H groups in total. The fraction of sp³-hybridized carbons (Fsp3) is 0.265. The van der Waals surface area contributed by atoms with Crippen LogP contribution in [0.5, 0.6) is 0 Å². The van der Waals surface area contributed by atoms with Gasteiger partial charge in [0.2, 0.25) is 0 Å². The largest absolute Gasteiger partial charge is 0.313 e. The summed E-state index contributed by atoms with van der Waals surface area (Å²) in [7, 11) is 0. The molecule has 4 atom stereocenters. The highest BCUT2D eigenvalue weighted by Gasteiger charge is 2.43. The van der Waals surface area contributed by atoms with Gasteiger partial charge in [0, 0.05) is 51.9 Å². The predicted molar refractivity (Wildman–Crippen MR) is 308 cm³/mol. The van der Waals surface area contributed by atoms with E-state index in [0.717, 1.165) is 19.3 Å². The summed E-state index contributed by atoms with van der Waals surface area (Å²) in [6.07, 6.45) is 21.7. The first-order chi connectivity index (χ1) is 34.5. The van der Waals surface area contributed by atoms with Gasteiger partial charge in [-0.3, -0.25) is 0 Å². The van der Waals surface area contributed by atoms with E-state index in [1.807, 2.05) is 77.9 Å². The standard InChI is InChI=1S/C56H54N2.C6H6.3C2H6/c1-6-9-20-38(4)48-36-44(40-21-14-11-15-22-40)37-50-49-34-42(29-32-52(49)58(56(48)50)46-26-18-13-19-27-46)43-30-33-53-51(35-43)54-47(41-23-16-12-17-24-41)31-28-39(5)55(54)57(53)45(8-3)25-10-7-2;1-2-4-6-5-3-1;3*1-2/h6,8-19,21-36,38,47,50,54H,7,20,37H2,1-5H3;1-6H;3*1-2H3/b9-6-,25-10-,45-8+;;;;. The zero-order valence-corrected chi connectivity index (χ0v) is 44.0. The molecule has 2 heterocycles. The molecule has 2 aliphatic carbocycles. The molecule has 0 aromatic heterocycles. The maximum Gasteiger partial charge on any atom is 0.0498 e. The van der Waals surface area contributed by atoms with Crippen LogP contribution in [0.2, 0.25) is 0 Å². The van der Waals surface area contributed by atoms with Gasteiger partial charge in [-0.05, 0) is 139 Å². The van der Waals surface area contributed by atoms with Gasteiger partial charge >= 0.3 is 0 Å². The molecule has 0 bridgehead atoms. The van der Waals surface area contributed by atoms with Crippen LogP contribution in [0.4, 0.5) is 17.1 Å². The van der Waals surface area contributed by atoms with Gasteiger partial charge in [-0.2, -0.15) is 0 Å². The van der Waals surface area contributed by atoms with Crippen LogP contribution < -0.4 is 9.80 Å². The Morgan fingerprint density at radius 3 is 1.77 bits per heavy atom. The summed E-state index contributed by atoms with van der Waals surface area (Å²) in [5.74, 6) is 1.07. The van der Waals surface area contributed by atoms with Crippen LogP contribution in [0.25, 0.3) is 16.7 Å². The van der Waals surface area contributed by atoms with Gasteiger partial charge in [0.05, 0.1) is 0 Å². The molecule has 4 aliphatic rings. The van der Waals surface area contributed by atoms with Crippen molar-refractivity contribution in [2.45, 2.75) is 113 Å². The Morgan fingerprint density at radius 2 is 1.19 bits per heavy atom. The minimum Gasteiger partial charge on any atom is -0.313 e. The number of para-hydroxylation sites is 1. The lowest BCUT2D eigenvalue weighted by Crippen LogP contribution is -2.23. The number of allylic oxidation sites excluding steroid dienone is 13. The lowest BCUT2D eigenvalue weighted by Gasteiger charge is -2.32. The van der Waals surface area contributed by atoms with Gasteiger partial charge in [-0.1, -0.05) is 225 Å². The molecule has 70 heavy (non-hydrogen) atoms. The molecule has 0 saturated carbocycles.